The second kappa shape index (κ2) is 6.75. The number of phenols is 2. The van der Waals surface area contributed by atoms with E-state index < -0.39 is 0 Å². The van der Waals surface area contributed by atoms with Gasteiger partial charge in [0.05, 0.1) is 13.0 Å². The van der Waals surface area contributed by atoms with Crippen LogP contribution in [0.1, 0.15) is 18.9 Å². The summed E-state index contributed by atoms with van der Waals surface area (Å²) in [5.74, 6) is -0.179. The van der Waals surface area contributed by atoms with Crippen LogP contribution in [0.4, 0.5) is 0 Å². The predicted molar refractivity (Wildman–Crippen MR) is 62.7 cm³/mol. The summed E-state index contributed by atoms with van der Waals surface area (Å²) in [6.07, 6.45) is 0.298. The number of esters is 1. The maximum atomic E-state index is 11.0. The van der Waals surface area contributed by atoms with Gasteiger partial charge >= 0.3 is 5.97 Å². The van der Waals surface area contributed by atoms with Crippen LogP contribution in [0.5, 0.6) is 11.5 Å². The highest BCUT2D eigenvalue weighted by atomic mass is 16.5. The minimum absolute atomic E-state index is 0.0257. The van der Waals surface area contributed by atoms with Crippen molar-refractivity contribution in [3.63, 3.8) is 0 Å². The molecule has 0 aliphatic carbocycles. The molecule has 0 atom stereocenters. The molecule has 0 saturated carbocycles. The summed E-state index contributed by atoms with van der Waals surface area (Å²) < 4.78 is 4.77. The summed E-state index contributed by atoms with van der Waals surface area (Å²) in [7, 11) is 0. The molecule has 0 fully saturated rings. The van der Waals surface area contributed by atoms with Gasteiger partial charge in [0.15, 0.2) is 0 Å². The topological polar surface area (TPSA) is 78.8 Å². The Kier molecular flexibility index (Phi) is 5.29. The smallest absolute Gasteiger partial charge is 0.307 e. The van der Waals surface area contributed by atoms with Crippen LogP contribution in [-0.4, -0.2) is 29.3 Å². The molecule has 3 N–H and O–H groups in total. The zero-order valence-corrected chi connectivity index (χ0v) is 9.77. The summed E-state index contributed by atoms with van der Waals surface area (Å²) in [6, 6.07) is 4.41. The van der Waals surface area contributed by atoms with E-state index in [1.54, 1.807) is 13.0 Å². The molecule has 0 spiro atoms. The van der Waals surface area contributed by atoms with Gasteiger partial charge < -0.3 is 20.3 Å². The number of ether oxygens (including phenoxy) is 1. The number of carbonyl (C=O) groups excluding carboxylic acids is 1. The first kappa shape index (κ1) is 13.3. The molecule has 5 nitrogen and oxygen atoms in total. The van der Waals surface area contributed by atoms with E-state index in [0.717, 1.165) is 0 Å². The molecule has 5 heteroatoms. The minimum Gasteiger partial charge on any atom is -0.508 e. The fraction of sp³-hybridized carbons (Fsp3) is 0.417. The average molecular weight is 239 g/mol. The molecular weight excluding hydrogens is 222 g/mol. The Balaban J connectivity index is 2.29. The zero-order chi connectivity index (χ0) is 12.7. The van der Waals surface area contributed by atoms with Gasteiger partial charge in [0.25, 0.3) is 0 Å². The van der Waals surface area contributed by atoms with Crippen molar-refractivity contribution in [2.24, 2.45) is 0 Å². The first-order valence-electron chi connectivity index (χ1n) is 5.50. The molecule has 0 saturated heterocycles. The number of nitrogens with one attached hydrogen (secondary N) is 1. The first-order valence-corrected chi connectivity index (χ1v) is 5.50. The fourth-order valence-electron chi connectivity index (χ4n) is 1.35. The molecule has 94 valence electrons. The van der Waals surface area contributed by atoms with Crippen LogP contribution >= 0.6 is 0 Å². The lowest BCUT2D eigenvalue weighted by Gasteiger charge is -2.07. The van der Waals surface area contributed by atoms with Gasteiger partial charge in [-0.2, -0.15) is 0 Å². The van der Waals surface area contributed by atoms with E-state index in [4.69, 9.17) is 9.84 Å². The van der Waals surface area contributed by atoms with Crippen molar-refractivity contribution in [1.82, 2.24) is 5.32 Å². The molecule has 1 rings (SSSR count). The third kappa shape index (κ3) is 4.74. The normalized spacial score (nSPS) is 10.2. The van der Waals surface area contributed by atoms with Crippen LogP contribution in [0.15, 0.2) is 18.2 Å². The molecule has 1 aromatic carbocycles. The van der Waals surface area contributed by atoms with Gasteiger partial charge in [0.1, 0.15) is 11.5 Å². The first-order chi connectivity index (χ1) is 8.13. The van der Waals surface area contributed by atoms with Crippen molar-refractivity contribution in [2.75, 3.05) is 13.2 Å². The lowest BCUT2D eigenvalue weighted by Crippen LogP contribution is -2.19. The molecule has 17 heavy (non-hydrogen) atoms. The van der Waals surface area contributed by atoms with Crippen LogP contribution < -0.4 is 5.32 Å². The average Bonchev–Trinajstić information content (AvgIpc) is 2.27. The monoisotopic (exact) mass is 239 g/mol. The molecular formula is C12H17NO4. The summed E-state index contributed by atoms with van der Waals surface area (Å²) in [5.41, 5.74) is 0.673. The summed E-state index contributed by atoms with van der Waals surface area (Å²) in [5, 5.41) is 21.6. The largest absolute Gasteiger partial charge is 0.508 e. The fourth-order valence-corrected chi connectivity index (χ4v) is 1.35. The maximum absolute atomic E-state index is 11.0. The molecule has 0 amide bonds. The second-order valence-electron chi connectivity index (χ2n) is 3.54. The highest BCUT2D eigenvalue weighted by Crippen LogP contribution is 2.22. The molecule has 0 aliphatic heterocycles. The lowest BCUT2D eigenvalue weighted by atomic mass is 10.2. The number of phenolic OH excluding ortho intramolecular Hbond substituents is 2. The van der Waals surface area contributed by atoms with E-state index in [2.05, 4.69) is 5.32 Å². The number of aromatic hydroxyl groups is 2. The Morgan fingerprint density at radius 2 is 2.18 bits per heavy atom. The highest BCUT2D eigenvalue weighted by Gasteiger charge is 2.03. The summed E-state index contributed by atoms with van der Waals surface area (Å²) >= 11 is 0. The number of rotatable bonds is 6. The molecule has 0 aliphatic rings. The van der Waals surface area contributed by atoms with Gasteiger partial charge in [0, 0.05) is 24.7 Å². The Morgan fingerprint density at radius 1 is 1.41 bits per heavy atom. The number of hydrogen-bond acceptors (Lipinski definition) is 5. The van der Waals surface area contributed by atoms with Crippen LogP contribution in [0.25, 0.3) is 0 Å². The van der Waals surface area contributed by atoms with Gasteiger partial charge in [0.2, 0.25) is 0 Å². The highest BCUT2D eigenvalue weighted by molar-refractivity contribution is 5.69. The lowest BCUT2D eigenvalue weighted by molar-refractivity contribution is -0.142. The molecule has 0 bridgehead atoms. The Labute approximate surface area is 100 Å². The Hall–Kier alpha value is -1.75. The van der Waals surface area contributed by atoms with E-state index in [1.165, 1.54) is 12.1 Å². The Bertz CT molecular complexity index is 379. The number of hydrogen-bond donors (Lipinski definition) is 3. The SMILES string of the molecule is CCOC(=O)CCNCc1ccc(O)cc1O. The van der Waals surface area contributed by atoms with Crippen molar-refractivity contribution in [2.45, 2.75) is 19.9 Å². The third-order valence-electron chi connectivity index (χ3n) is 2.20. The zero-order valence-electron chi connectivity index (χ0n) is 9.77. The number of benzene rings is 1. The summed E-state index contributed by atoms with van der Waals surface area (Å²) in [4.78, 5) is 11.0. The standard InChI is InChI=1S/C12H17NO4/c1-2-17-12(16)5-6-13-8-9-3-4-10(14)7-11(9)15/h3-4,7,13-15H,2,5-6,8H2,1H3. The molecule has 0 unspecified atom stereocenters. The van der Waals surface area contributed by atoms with Gasteiger partial charge in [-0.3, -0.25) is 4.79 Å². The predicted octanol–water partition coefficient (Wildman–Crippen LogP) is 1.14. The van der Waals surface area contributed by atoms with Gasteiger partial charge in [-0.15, -0.1) is 0 Å². The van der Waals surface area contributed by atoms with Crippen LogP contribution in [0.3, 0.4) is 0 Å². The quantitative estimate of drug-likeness (QED) is 0.512. The van der Waals surface area contributed by atoms with E-state index in [9.17, 15) is 9.90 Å². The van der Waals surface area contributed by atoms with Crippen LogP contribution in [-0.2, 0) is 16.1 Å². The van der Waals surface area contributed by atoms with Crippen molar-refractivity contribution >= 4 is 5.97 Å². The number of carbonyl (C=O) groups is 1. The van der Waals surface area contributed by atoms with Crippen LogP contribution in [0, 0.1) is 0 Å². The van der Waals surface area contributed by atoms with Crippen molar-refractivity contribution < 1.29 is 19.7 Å². The molecule has 0 radical (unpaired) electrons. The minimum atomic E-state index is -0.241. The van der Waals surface area contributed by atoms with Gasteiger partial charge in [-0.25, -0.2) is 0 Å². The molecule has 0 heterocycles. The van der Waals surface area contributed by atoms with E-state index in [-0.39, 0.29) is 17.5 Å². The maximum Gasteiger partial charge on any atom is 0.307 e. The van der Waals surface area contributed by atoms with E-state index in [0.29, 0.717) is 31.7 Å². The third-order valence-corrected chi connectivity index (χ3v) is 2.20. The van der Waals surface area contributed by atoms with Gasteiger partial charge in [-0.1, -0.05) is 6.07 Å². The second-order valence-corrected chi connectivity index (χ2v) is 3.54. The van der Waals surface area contributed by atoms with Crippen molar-refractivity contribution in [3.05, 3.63) is 23.8 Å². The molecule has 0 aromatic heterocycles. The van der Waals surface area contributed by atoms with Gasteiger partial charge in [-0.05, 0) is 13.0 Å². The van der Waals surface area contributed by atoms with E-state index >= 15 is 0 Å². The van der Waals surface area contributed by atoms with Crippen molar-refractivity contribution in [1.29, 1.82) is 0 Å². The summed E-state index contributed by atoms with van der Waals surface area (Å²) in [6.45, 7) is 3.07. The van der Waals surface area contributed by atoms with E-state index in [1.807, 2.05) is 0 Å². The van der Waals surface area contributed by atoms with Crippen LogP contribution in [0.2, 0.25) is 0 Å². The Morgan fingerprint density at radius 3 is 2.82 bits per heavy atom. The molecule has 1 aromatic rings. The van der Waals surface area contributed by atoms with Crippen molar-refractivity contribution in [3.8, 4) is 11.5 Å².